The van der Waals surface area contributed by atoms with E-state index in [9.17, 15) is 18.4 Å². The summed E-state index contributed by atoms with van der Waals surface area (Å²) in [6.45, 7) is 0. The van der Waals surface area contributed by atoms with Crippen molar-refractivity contribution in [2.75, 3.05) is 0 Å². The molecule has 3 N–H and O–H groups in total. The van der Waals surface area contributed by atoms with E-state index in [0.29, 0.717) is 0 Å². The number of H-pyrrole nitrogens is 1. The van der Waals surface area contributed by atoms with Crippen LogP contribution in [0.4, 0.5) is 8.78 Å². The van der Waals surface area contributed by atoms with Crippen LogP contribution in [0.15, 0.2) is 16.9 Å². The van der Waals surface area contributed by atoms with E-state index >= 15 is 0 Å². The van der Waals surface area contributed by atoms with Crippen LogP contribution in [0.5, 0.6) is 0 Å². The molecule has 0 aliphatic carbocycles. The zero-order chi connectivity index (χ0) is 11.9. The first kappa shape index (κ1) is 10.2. The Morgan fingerprint density at radius 1 is 1.31 bits per heavy atom. The highest BCUT2D eigenvalue weighted by Crippen LogP contribution is 2.13. The minimum atomic E-state index is -1.12. The summed E-state index contributed by atoms with van der Waals surface area (Å²) in [4.78, 5) is 27.8. The number of benzene rings is 1. The summed E-state index contributed by atoms with van der Waals surface area (Å²) in [5, 5.41) is 0. The van der Waals surface area contributed by atoms with Gasteiger partial charge in [-0.2, -0.15) is 0 Å². The van der Waals surface area contributed by atoms with E-state index in [2.05, 4.69) is 9.97 Å². The van der Waals surface area contributed by atoms with Gasteiger partial charge in [0, 0.05) is 12.1 Å². The summed E-state index contributed by atoms with van der Waals surface area (Å²) in [5.74, 6) is -3.27. The Hall–Kier alpha value is -2.31. The number of carbonyl (C=O) groups excluding carboxylic acids is 1. The minimum Gasteiger partial charge on any atom is -0.364 e. The largest absolute Gasteiger partial charge is 0.364 e. The number of nitrogens with two attached hydrogens (primary N) is 1. The fourth-order valence-electron chi connectivity index (χ4n) is 1.25. The van der Waals surface area contributed by atoms with Gasteiger partial charge in [-0.05, 0) is 0 Å². The Morgan fingerprint density at radius 2 is 1.94 bits per heavy atom. The number of aromatic amines is 1. The van der Waals surface area contributed by atoms with Crippen molar-refractivity contribution in [1.29, 1.82) is 0 Å². The number of nitrogens with zero attached hydrogens (tertiary/aromatic N) is 1. The zero-order valence-corrected chi connectivity index (χ0v) is 7.75. The van der Waals surface area contributed by atoms with Gasteiger partial charge in [0.1, 0.15) is 0 Å². The average molecular weight is 225 g/mol. The highest BCUT2D eigenvalue weighted by molar-refractivity contribution is 5.92. The van der Waals surface area contributed by atoms with Crippen LogP contribution in [-0.4, -0.2) is 15.9 Å². The maximum absolute atomic E-state index is 12.9. The van der Waals surface area contributed by atoms with Crippen molar-refractivity contribution in [2.45, 2.75) is 0 Å². The summed E-state index contributed by atoms with van der Waals surface area (Å²) in [6, 6.07) is 1.55. The van der Waals surface area contributed by atoms with Gasteiger partial charge in [-0.1, -0.05) is 0 Å². The molecule has 0 unspecified atom stereocenters. The summed E-state index contributed by atoms with van der Waals surface area (Å²) < 4.78 is 25.7. The van der Waals surface area contributed by atoms with E-state index in [0.717, 1.165) is 12.1 Å². The monoisotopic (exact) mass is 225 g/mol. The third kappa shape index (κ3) is 1.52. The number of primary amides is 1. The lowest BCUT2D eigenvalue weighted by atomic mass is 10.2. The molecule has 0 saturated carbocycles. The third-order valence-electron chi connectivity index (χ3n) is 1.97. The maximum atomic E-state index is 12.9. The van der Waals surface area contributed by atoms with Gasteiger partial charge in [0.15, 0.2) is 17.3 Å². The molecule has 0 aliphatic rings. The molecule has 2 rings (SSSR count). The molecule has 82 valence electrons. The molecule has 0 saturated heterocycles. The molecule has 0 spiro atoms. The standard InChI is InChI=1S/C9H5F2N3O2/c10-3-1-5-6(2-4(3)11)14-9(16)7(13-5)8(12)15/h1-2H,(H2,12,15)(H,14,16). The number of carbonyl (C=O) groups is 1. The number of hydrogen-bond acceptors (Lipinski definition) is 3. The van der Waals surface area contributed by atoms with Gasteiger partial charge in [-0.15, -0.1) is 0 Å². The third-order valence-corrected chi connectivity index (χ3v) is 1.97. The van der Waals surface area contributed by atoms with E-state index in [1.807, 2.05) is 0 Å². The number of fused-ring (bicyclic) bond motifs is 1. The molecule has 0 radical (unpaired) electrons. The van der Waals surface area contributed by atoms with Crippen molar-refractivity contribution >= 4 is 16.9 Å². The van der Waals surface area contributed by atoms with E-state index < -0.39 is 28.8 Å². The van der Waals surface area contributed by atoms with Crippen LogP contribution in [0.2, 0.25) is 0 Å². The molecule has 1 aromatic carbocycles. The summed E-state index contributed by atoms with van der Waals surface area (Å²) >= 11 is 0. The number of nitrogens with one attached hydrogen (secondary N) is 1. The number of halogens is 2. The van der Waals surface area contributed by atoms with Crippen molar-refractivity contribution in [2.24, 2.45) is 5.73 Å². The zero-order valence-electron chi connectivity index (χ0n) is 7.75. The molecule has 0 bridgehead atoms. The molecular formula is C9H5F2N3O2. The summed E-state index contributed by atoms with van der Waals surface area (Å²) in [5.41, 5.74) is 3.45. The van der Waals surface area contributed by atoms with Crippen LogP contribution < -0.4 is 11.3 Å². The van der Waals surface area contributed by atoms with Crippen LogP contribution in [0.25, 0.3) is 11.0 Å². The fourth-order valence-corrected chi connectivity index (χ4v) is 1.25. The first-order valence-electron chi connectivity index (χ1n) is 4.18. The first-order chi connectivity index (χ1) is 7.49. The summed E-state index contributed by atoms with van der Waals surface area (Å²) in [7, 11) is 0. The van der Waals surface area contributed by atoms with Gasteiger partial charge in [0.2, 0.25) is 0 Å². The fraction of sp³-hybridized carbons (Fsp3) is 0. The van der Waals surface area contributed by atoms with E-state index in [4.69, 9.17) is 5.73 Å². The van der Waals surface area contributed by atoms with Gasteiger partial charge in [-0.25, -0.2) is 13.8 Å². The van der Waals surface area contributed by atoms with Crippen LogP contribution in [0.1, 0.15) is 10.5 Å². The second-order valence-electron chi connectivity index (χ2n) is 3.06. The lowest BCUT2D eigenvalue weighted by Crippen LogP contribution is -2.25. The molecule has 0 fully saturated rings. The topological polar surface area (TPSA) is 88.8 Å². The van der Waals surface area contributed by atoms with Gasteiger partial charge < -0.3 is 10.7 Å². The predicted molar refractivity (Wildman–Crippen MR) is 50.8 cm³/mol. The Labute approximate surface area is 86.9 Å². The van der Waals surface area contributed by atoms with Gasteiger partial charge >= 0.3 is 0 Å². The Kier molecular flexibility index (Phi) is 2.15. The molecule has 1 heterocycles. The maximum Gasteiger partial charge on any atom is 0.280 e. The van der Waals surface area contributed by atoms with E-state index in [1.54, 1.807) is 0 Å². The number of amides is 1. The molecule has 0 atom stereocenters. The molecule has 2 aromatic rings. The van der Waals surface area contributed by atoms with Crippen LogP contribution >= 0.6 is 0 Å². The second kappa shape index (κ2) is 3.37. The Morgan fingerprint density at radius 3 is 2.56 bits per heavy atom. The number of rotatable bonds is 1. The van der Waals surface area contributed by atoms with Crippen LogP contribution in [0, 0.1) is 11.6 Å². The SMILES string of the molecule is NC(=O)c1nc2cc(F)c(F)cc2[nH]c1=O. The highest BCUT2D eigenvalue weighted by Gasteiger charge is 2.12. The van der Waals surface area contributed by atoms with Gasteiger partial charge in [-0.3, -0.25) is 9.59 Å². The molecule has 5 nitrogen and oxygen atoms in total. The lowest BCUT2D eigenvalue weighted by Gasteiger charge is -2.00. The molecule has 1 aromatic heterocycles. The first-order valence-corrected chi connectivity index (χ1v) is 4.18. The molecule has 0 aliphatic heterocycles. The average Bonchev–Trinajstić information content (AvgIpc) is 2.19. The molecule has 7 heteroatoms. The van der Waals surface area contributed by atoms with Crippen LogP contribution in [0.3, 0.4) is 0 Å². The number of hydrogen-bond donors (Lipinski definition) is 2. The highest BCUT2D eigenvalue weighted by atomic mass is 19.2. The van der Waals surface area contributed by atoms with Crippen molar-refractivity contribution in [3.63, 3.8) is 0 Å². The Bertz CT molecular complexity index is 651. The van der Waals surface area contributed by atoms with Crippen LogP contribution in [-0.2, 0) is 0 Å². The quantitative estimate of drug-likeness (QED) is 0.731. The Balaban J connectivity index is 2.85. The van der Waals surface area contributed by atoms with Crippen molar-refractivity contribution in [3.05, 3.63) is 39.8 Å². The van der Waals surface area contributed by atoms with Crippen molar-refractivity contribution in [3.8, 4) is 0 Å². The summed E-state index contributed by atoms with van der Waals surface area (Å²) in [6.07, 6.45) is 0. The molecular weight excluding hydrogens is 220 g/mol. The van der Waals surface area contributed by atoms with Crippen molar-refractivity contribution < 1.29 is 13.6 Å². The van der Waals surface area contributed by atoms with E-state index in [-0.39, 0.29) is 11.0 Å². The number of aromatic nitrogens is 2. The lowest BCUT2D eigenvalue weighted by molar-refractivity contribution is 0.0994. The second-order valence-corrected chi connectivity index (χ2v) is 3.06. The minimum absolute atomic E-state index is 0.00565. The smallest absolute Gasteiger partial charge is 0.280 e. The van der Waals surface area contributed by atoms with E-state index in [1.165, 1.54) is 0 Å². The van der Waals surface area contributed by atoms with Gasteiger partial charge in [0.25, 0.3) is 11.5 Å². The van der Waals surface area contributed by atoms with Crippen molar-refractivity contribution in [1.82, 2.24) is 9.97 Å². The predicted octanol–water partition coefficient (Wildman–Crippen LogP) is 0.300. The normalized spacial score (nSPS) is 10.6. The molecule has 16 heavy (non-hydrogen) atoms. The molecule has 1 amide bonds. The van der Waals surface area contributed by atoms with Gasteiger partial charge in [0.05, 0.1) is 11.0 Å².